The minimum atomic E-state index is -1.19. The number of benzene rings is 1. The molecule has 0 aliphatic carbocycles. The molecule has 8 nitrogen and oxygen atoms in total. The SMILES string of the molecule is C[C@H]1C=CC[C@H](C)N2CN1C(=O)c1c(O)c(=O)c(C(=O)NCc3c(F)cc(F)cc3F)cn12. The minimum Gasteiger partial charge on any atom is -0.502 e. The van der Waals surface area contributed by atoms with E-state index in [0.717, 1.165) is 6.20 Å². The van der Waals surface area contributed by atoms with E-state index in [-0.39, 0.29) is 24.4 Å². The highest BCUT2D eigenvalue weighted by atomic mass is 19.1. The molecule has 2 atom stereocenters. The molecule has 0 radical (unpaired) electrons. The summed E-state index contributed by atoms with van der Waals surface area (Å²) in [5.41, 5.74) is -2.47. The number of nitrogens with zero attached hydrogens (tertiary/aromatic N) is 3. The van der Waals surface area contributed by atoms with Gasteiger partial charge in [0.25, 0.3) is 11.8 Å². The summed E-state index contributed by atoms with van der Waals surface area (Å²) in [6.07, 6.45) is 5.54. The standard InChI is InChI=1S/C22H21F3N4O4/c1-11-4-3-5-12(2)29-10-27(11)22(33)18-20(31)19(30)15(9-28(18)29)21(32)26-8-14-16(24)6-13(23)7-17(14)25/h3-4,6-7,9,11-12,31H,5,8,10H2,1-2H3,(H,26,32)/t11-,12-/m0/s1. The van der Waals surface area contributed by atoms with Crippen LogP contribution in [-0.4, -0.2) is 45.2 Å². The number of carbonyl (C=O) groups is 2. The zero-order chi connectivity index (χ0) is 24.0. The average molecular weight is 462 g/mol. The van der Waals surface area contributed by atoms with Gasteiger partial charge in [0.15, 0.2) is 11.4 Å². The molecule has 4 rings (SSSR count). The molecular weight excluding hydrogens is 441 g/mol. The van der Waals surface area contributed by atoms with E-state index in [1.54, 1.807) is 5.01 Å². The Morgan fingerprint density at radius 2 is 1.85 bits per heavy atom. The molecule has 2 N–H and O–H groups in total. The maximum absolute atomic E-state index is 13.9. The number of pyridine rings is 1. The second-order valence-electron chi connectivity index (χ2n) is 8.05. The van der Waals surface area contributed by atoms with E-state index in [1.807, 2.05) is 26.0 Å². The number of nitrogens with one attached hydrogen (secondary N) is 1. The first-order valence-corrected chi connectivity index (χ1v) is 10.2. The lowest BCUT2D eigenvalue weighted by Crippen LogP contribution is -2.59. The molecule has 1 aromatic carbocycles. The van der Waals surface area contributed by atoms with Crippen LogP contribution in [0.1, 0.15) is 46.7 Å². The molecule has 11 heteroatoms. The summed E-state index contributed by atoms with van der Waals surface area (Å²) in [6, 6.07) is 0.517. The molecule has 0 unspecified atom stereocenters. The second-order valence-corrected chi connectivity index (χ2v) is 8.05. The molecule has 0 fully saturated rings. The maximum Gasteiger partial charge on any atom is 0.278 e. The van der Waals surface area contributed by atoms with Crippen LogP contribution in [0.15, 0.2) is 35.3 Å². The zero-order valence-electron chi connectivity index (χ0n) is 17.8. The number of hydrogen-bond donors (Lipinski definition) is 2. The van der Waals surface area contributed by atoms with Gasteiger partial charge >= 0.3 is 0 Å². The van der Waals surface area contributed by atoms with Crippen LogP contribution >= 0.6 is 0 Å². The van der Waals surface area contributed by atoms with Crippen molar-refractivity contribution in [1.29, 1.82) is 0 Å². The largest absolute Gasteiger partial charge is 0.502 e. The number of hydrogen-bond acceptors (Lipinski definition) is 5. The Balaban J connectivity index is 1.71. The fraction of sp³-hybridized carbons (Fsp3) is 0.318. The molecule has 3 heterocycles. The molecular formula is C22H21F3N4O4. The van der Waals surface area contributed by atoms with Crippen molar-refractivity contribution in [2.45, 2.75) is 38.9 Å². The third-order valence-electron chi connectivity index (χ3n) is 5.87. The van der Waals surface area contributed by atoms with Crippen LogP contribution in [0.5, 0.6) is 5.75 Å². The Morgan fingerprint density at radius 1 is 1.18 bits per heavy atom. The first-order chi connectivity index (χ1) is 15.6. The van der Waals surface area contributed by atoms with Gasteiger partial charge in [-0.3, -0.25) is 24.1 Å². The Bertz CT molecular complexity index is 1220. The normalized spacial score (nSPS) is 19.7. The van der Waals surface area contributed by atoms with E-state index in [9.17, 15) is 32.7 Å². The Kier molecular flexibility index (Phi) is 5.64. The molecule has 0 saturated heterocycles. The van der Waals surface area contributed by atoms with E-state index in [1.165, 1.54) is 9.58 Å². The van der Waals surface area contributed by atoms with E-state index in [0.29, 0.717) is 18.6 Å². The first kappa shape index (κ1) is 22.4. The average Bonchev–Trinajstić information content (AvgIpc) is 2.74. The third-order valence-corrected chi connectivity index (χ3v) is 5.87. The number of halogens is 3. The molecule has 2 aliphatic heterocycles. The van der Waals surface area contributed by atoms with Gasteiger partial charge in [0.1, 0.15) is 29.7 Å². The van der Waals surface area contributed by atoms with Gasteiger partial charge in [-0.25, -0.2) is 13.2 Å². The van der Waals surface area contributed by atoms with Crippen molar-refractivity contribution in [3.63, 3.8) is 0 Å². The molecule has 2 amide bonds. The van der Waals surface area contributed by atoms with Gasteiger partial charge in [0, 0.05) is 42.5 Å². The number of aromatic nitrogens is 1. The smallest absolute Gasteiger partial charge is 0.278 e. The molecule has 2 aromatic rings. The predicted molar refractivity (Wildman–Crippen MR) is 112 cm³/mol. The summed E-state index contributed by atoms with van der Waals surface area (Å²) in [4.78, 5) is 39.9. The molecule has 0 saturated carbocycles. The van der Waals surface area contributed by atoms with Gasteiger partial charge in [-0.05, 0) is 20.3 Å². The van der Waals surface area contributed by atoms with Crippen molar-refractivity contribution in [2.24, 2.45) is 0 Å². The highest BCUT2D eigenvalue weighted by Crippen LogP contribution is 2.26. The zero-order valence-corrected chi connectivity index (χ0v) is 17.8. The van der Waals surface area contributed by atoms with Crippen LogP contribution in [0.25, 0.3) is 0 Å². The lowest BCUT2D eigenvalue weighted by molar-refractivity contribution is 0.0634. The summed E-state index contributed by atoms with van der Waals surface area (Å²) in [7, 11) is 0. The molecule has 2 bridgehead atoms. The number of carbonyl (C=O) groups excluding carboxylic acids is 2. The Hall–Kier alpha value is -3.76. The summed E-state index contributed by atoms with van der Waals surface area (Å²) < 4.78 is 42.1. The van der Waals surface area contributed by atoms with Gasteiger partial charge in [0.2, 0.25) is 5.43 Å². The molecule has 0 spiro atoms. The van der Waals surface area contributed by atoms with Crippen LogP contribution in [0.4, 0.5) is 13.2 Å². The van der Waals surface area contributed by atoms with Crippen LogP contribution in [0.3, 0.4) is 0 Å². The van der Waals surface area contributed by atoms with Crippen molar-refractivity contribution < 1.29 is 27.9 Å². The number of aromatic hydroxyl groups is 1. The summed E-state index contributed by atoms with van der Waals surface area (Å²) in [5, 5.41) is 14.5. The van der Waals surface area contributed by atoms with Crippen molar-refractivity contribution >= 4 is 11.8 Å². The van der Waals surface area contributed by atoms with Gasteiger partial charge in [-0.1, -0.05) is 12.2 Å². The Morgan fingerprint density at radius 3 is 2.52 bits per heavy atom. The highest BCUT2D eigenvalue weighted by Gasteiger charge is 2.38. The summed E-state index contributed by atoms with van der Waals surface area (Å²) >= 11 is 0. The molecule has 174 valence electrons. The number of rotatable bonds is 3. The predicted octanol–water partition coefficient (Wildman–Crippen LogP) is 1.99. The van der Waals surface area contributed by atoms with Crippen LogP contribution < -0.4 is 15.8 Å². The number of amides is 2. The van der Waals surface area contributed by atoms with Crippen LogP contribution in [0, 0.1) is 17.5 Å². The molecule has 33 heavy (non-hydrogen) atoms. The second kappa shape index (κ2) is 8.30. The monoisotopic (exact) mass is 462 g/mol. The van der Waals surface area contributed by atoms with E-state index < -0.39 is 58.1 Å². The number of fused-ring (bicyclic) bond motifs is 4. The molecule has 1 aromatic heterocycles. The summed E-state index contributed by atoms with van der Waals surface area (Å²) in [5.74, 6) is -5.99. The van der Waals surface area contributed by atoms with E-state index in [2.05, 4.69) is 5.32 Å². The van der Waals surface area contributed by atoms with Crippen molar-refractivity contribution in [3.8, 4) is 5.75 Å². The third kappa shape index (κ3) is 3.83. The van der Waals surface area contributed by atoms with Crippen molar-refractivity contribution in [2.75, 3.05) is 11.7 Å². The van der Waals surface area contributed by atoms with Gasteiger partial charge in [-0.15, -0.1) is 0 Å². The quantitative estimate of drug-likeness (QED) is 0.681. The highest BCUT2D eigenvalue weighted by molar-refractivity contribution is 5.99. The maximum atomic E-state index is 13.9. The molecule has 2 aliphatic rings. The van der Waals surface area contributed by atoms with Crippen molar-refractivity contribution in [3.05, 3.63) is 75.0 Å². The van der Waals surface area contributed by atoms with E-state index in [4.69, 9.17) is 0 Å². The van der Waals surface area contributed by atoms with E-state index >= 15 is 0 Å². The minimum absolute atomic E-state index is 0.150. The van der Waals surface area contributed by atoms with Crippen molar-refractivity contribution in [1.82, 2.24) is 14.9 Å². The fourth-order valence-corrected chi connectivity index (χ4v) is 3.95. The van der Waals surface area contributed by atoms with Gasteiger partial charge in [-0.2, -0.15) is 0 Å². The van der Waals surface area contributed by atoms with Crippen LogP contribution in [0.2, 0.25) is 0 Å². The topological polar surface area (TPSA) is 94.9 Å². The van der Waals surface area contributed by atoms with Crippen LogP contribution in [-0.2, 0) is 6.54 Å². The summed E-state index contributed by atoms with van der Waals surface area (Å²) in [6.45, 7) is 3.19. The van der Waals surface area contributed by atoms with Gasteiger partial charge < -0.3 is 15.3 Å². The lowest BCUT2D eigenvalue weighted by atomic mass is 10.1. The lowest BCUT2D eigenvalue weighted by Gasteiger charge is -2.45. The van der Waals surface area contributed by atoms with Gasteiger partial charge in [0.05, 0.1) is 0 Å². The first-order valence-electron chi connectivity index (χ1n) is 10.2. The fourth-order valence-electron chi connectivity index (χ4n) is 3.95. The Labute approximate surface area is 186 Å².